The van der Waals surface area contributed by atoms with Crippen LogP contribution in [0, 0.1) is 0 Å². The molecule has 2 nitrogen and oxygen atoms in total. The summed E-state index contributed by atoms with van der Waals surface area (Å²) in [6.07, 6.45) is 2.09. The lowest BCUT2D eigenvalue weighted by Crippen LogP contribution is -2.05. The molecular formula is C17H16Cl2N2. The molecule has 0 unspecified atom stereocenters. The van der Waals surface area contributed by atoms with Crippen molar-refractivity contribution in [1.82, 2.24) is 9.88 Å². The lowest BCUT2D eigenvalue weighted by Gasteiger charge is -2.09. The number of rotatable bonds is 4. The van der Waals surface area contributed by atoms with Gasteiger partial charge in [-0.25, -0.2) is 0 Å². The highest BCUT2D eigenvalue weighted by Gasteiger charge is 2.06. The summed E-state index contributed by atoms with van der Waals surface area (Å²) >= 11 is 12.3. The van der Waals surface area contributed by atoms with Crippen molar-refractivity contribution in [3.8, 4) is 0 Å². The smallest absolute Gasteiger partial charge is 0.0491 e. The predicted octanol–water partition coefficient (Wildman–Crippen LogP) is 4.72. The number of benzene rings is 2. The minimum Gasteiger partial charge on any atom is -0.343 e. The minimum absolute atomic E-state index is 0.710. The molecule has 2 aromatic carbocycles. The Labute approximate surface area is 134 Å². The summed E-state index contributed by atoms with van der Waals surface area (Å²) in [5, 5.41) is 5.86. The van der Waals surface area contributed by atoms with E-state index in [1.54, 1.807) is 0 Å². The van der Waals surface area contributed by atoms with Gasteiger partial charge in [-0.1, -0.05) is 35.3 Å². The van der Waals surface area contributed by atoms with E-state index in [0.29, 0.717) is 11.6 Å². The minimum atomic E-state index is 0.710. The number of nitrogens with zero attached hydrogens (tertiary/aromatic N) is 1. The van der Waals surface area contributed by atoms with Gasteiger partial charge in [0.2, 0.25) is 0 Å². The molecule has 21 heavy (non-hydrogen) atoms. The normalized spacial score (nSPS) is 11.2. The fourth-order valence-electron chi connectivity index (χ4n) is 2.53. The third-order valence-corrected chi connectivity index (χ3v) is 4.17. The lowest BCUT2D eigenvalue weighted by atomic mass is 10.1. The molecule has 0 atom stereocenters. The first-order chi connectivity index (χ1) is 10.2. The predicted molar refractivity (Wildman–Crippen MR) is 90.3 cm³/mol. The average Bonchev–Trinajstić information content (AvgIpc) is 2.86. The molecule has 0 saturated heterocycles. The molecule has 3 aromatic rings. The highest BCUT2D eigenvalue weighted by Crippen LogP contribution is 2.24. The van der Waals surface area contributed by atoms with Crippen LogP contribution in [0.25, 0.3) is 10.9 Å². The van der Waals surface area contributed by atoms with Crippen LogP contribution < -0.4 is 5.32 Å². The summed E-state index contributed by atoms with van der Waals surface area (Å²) in [5.41, 5.74) is 3.50. The monoisotopic (exact) mass is 318 g/mol. The van der Waals surface area contributed by atoms with Crippen molar-refractivity contribution in [2.45, 2.75) is 13.1 Å². The van der Waals surface area contributed by atoms with E-state index in [0.717, 1.165) is 17.1 Å². The van der Waals surface area contributed by atoms with Crippen LogP contribution in [0.1, 0.15) is 11.1 Å². The van der Waals surface area contributed by atoms with Crippen molar-refractivity contribution in [2.24, 2.45) is 0 Å². The molecule has 0 bridgehead atoms. The Morgan fingerprint density at radius 2 is 1.90 bits per heavy atom. The van der Waals surface area contributed by atoms with Gasteiger partial charge < -0.3 is 9.88 Å². The summed E-state index contributed by atoms with van der Waals surface area (Å²) in [7, 11) is 1.95. The maximum Gasteiger partial charge on any atom is 0.0491 e. The molecule has 0 aliphatic carbocycles. The van der Waals surface area contributed by atoms with Crippen molar-refractivity contribution in [2.75, 3.05) is 7.05 Å². The fraction of sp³-hybridized carbons (Fsp3) is 0.176. The second-order valence-corrected chi connectivity index (χ2v) is 5.95. The molecule has 108 valence electrons. The standard InChI is InChI=1S/C17H16Cl2N2/c1-20-10-12-2-3-13-6-7-21(17(13)8-12)11-14-9-15(18)4-5-16(14)19/h2-9,20H,10-11H2,1H3. The van der Waals surface area contributed by atoms with E-state index in [1.807, 2.05) is 25.2 Å². The molecule has 4 heteroatoms. The van der Waals surface area contributed by atoms with Gasteiger partial charge in [-0.15, -0.1) is 0 Å². The summed E-state index contributed by atoms with van der Waals surface area (Å²) < 4.78 is 2.20. The van der Waals surface area contributed by atoms with Crippen LogP contribution >= 0.6 is 23.2 Å². The van der Waals surface area contributed by atoms with Crippen molar-refractivity contribution in [3.05, 3.63) is 69.8 Å². The number of aromatic nitrogens is 1. The Balaban J connectivity index is 2.00. The van der Waals surface area contributed by atoms with Crippen LogP contribution in [0.4, 0.5) is 0 Å². The molecule has 0 amide bonds. The Kier molecular flexibility index (Phi) is 4.20. The lowest BCUT2D eigenvalue weighted by molar-refractivity contribution is 0.812. The summed E-state index contributed by atoms with van der Waals surface area (Å²) in [6, 6.07) is 14.2. The highest BCUT2D eigenvalue weighted by molar-refractivity contribution is 6.33. The topological polar surface area (TPSA) is 17.0 Å². The SMILES string of the molecule is CNCc1ccc2ccn(Cc3cc(Cl)ccc3Cl)c2c1. The Hall–Kier alpha value is -1.48. The molecule has 0 radical (unpaired) electrons. The Morgan fingerprint density at radius 3 is 2.71 bits per heavy atom. The first-order valence-corrected chi connectivity index (χ1v) is 7.59. The molecule has 1 heterocycles. The van der Waals surface area contributed by atoms with Gasteiger partial charge in [0.25, 0.3) is 0 Å². The quantitative estimate of drug-likeness (QED) is 0.736. The van der Waals surface area contributed by atoms with Crippen molar-refractivity contribution < 1.29 is 0 Å². The highest BCUT2D eigenvalue weighted by atomic mass is 35.5. The first-order valence-electron chi connectivity index (χ1n) is 6.83. The van der Waals surface area contributed by atoms with E-state index in [2.05, 4.69) is 40.3 Å². The van der Waals surface area contributed by atoms with E-state index in [-0.39, 0.29) is 0 Å². The molecule has 0 aliphatic rings. The molecule has 0 saturated carbocycles. The number of hydrogen-bond acceptors (Lipinski definition) is 1. The van der Waals surface area contributed by atoms with E-state index in [1.165, 1.54) is 16.5 Å². The van der Waals surface area contributed by atoms with Crippen molar-refractivity contribution >= 4 is 34.1 Å². The molecule has 3 rings (SSSR count). The van der Waals surface area contributed by atoms with E-state index in [9.17, 15) is 0 Å². The second kappa shape index (κ2) is 6.10. The number of hydrogen-bond donors (Lipinski definition) is 1. The maximum absolute atomic E-state index is 6.26. The Morgan fingerprint density at radius 1 is 1.05 bits per heavy atom. The number of nitrogens with one attached hydrogen (secondary N) is 1. The molecule has 0 fully saturated rings. The molecular weight excluding hydrogens is 303 g/mol. The fourth-order valence-corrected chi connectivity index (χ4v) is 2.90. The zero-order valence-corrected chi connectivity index (χ0v) is 13.2. The van der Waals surface area contributed by atoms with E-state index < -0.39 is 0 Å². The summed E-state index contributed by atoms with van der Waals surface area (Å²) in [6.45, 7) is 1.57. The van der Waals surface area contributed by atoms with Crippen LogP contribution in [-0.2, 0) is 13.1 Å². The van der Waals surface area contributed by atoms with Gasteiger partial charge in [0, 0.05) is 34.8 Å². The van der Waals surface area contributed by atoms with Crippen LogP contribution in [0.3, 0.4) is 0 Å². The molecule has 0 spiro atoms. The largest absolute Gasteiger partial charge is 0.343 e. The molecule has 0 aliphatic heterocycles. The molecule has 1 aromatic heterocycles. The van der Waals surface area contributed by atoms with Crippen LogP contribution in [0.2, 0.25) is 10.0 Å². The van der Waals surface area contributed by atoms with Crippen LogP contribution in [-0.4, -0.2) is 11.6 Å². The third-order valence-electron chi connectivity index (χ3n) is 3.57. The zero-order chi connectivity index (χ0) is 14.8. The van der Waals surface area contributed by atoms with Gasteiger partial charge in [-0.05, 0) is 53.9 Å². The van der Waals surface area contributed by atoms with Crippen molar-refractivity contribution in [3.63, 3.8) is 0 Å². The van der Waals surface area contributed by atoms with Gasteiger partial charge in [0.05, 0.1) is 0 Å². The van der Waals surface area contributed by atoms with Gasteiger partial charge in [0.15, 0.2) is 0 Å². The third kappa shape index (κ3) is 3.08. The maximum atomic E-state index is 6.26. The van der Waals surface area contributed by atoms with Gasteiger partial charge in [-0.3, -0.25) is 0 Å². The van der Waals surface area contributed by atoms with E-state index >= 15 is 0 Å². The first kappa shape index (κ1) is 14.5. The van der Waals surface area contributed by atoms with Crippen molar-refractivity contribution in [1.29, 1.82) is 0 Å². The number of halogens is 2. The molecule has 1 N–H and O–H groups in total. The number of fused-ring (bicyclic) bond motifs is 1. The summed E-state index contributed by atoms with van der Waals surface area (Å²) in [4.78, 5) is 0. The van der Waals surface area contributed by atoms with Crippen LogP contribution in [0.15, 0.2) is 48.7 Å². The van der Waals surface area contributed by atoms with Gasteiger partial charge in [-0.2, -0.15) is 0 Å². The van der Waals surface area contributed by atoms with Crippen LogP contribution in [0.5, 0.6) is 0 Å². The average molecular weight is 319 g/mol. The zero-order valence-electron chi connectivity index (χ0n) is 11.7. The second-order valence-electron chi connectivity index (χ2n) is 5.10. The summed E-state index contributed by atoms with van der Waals surface area (Å²) in [5.74, 6) is 0. The van der Waals surface area contributed by atoms with Gasteiger partial charge >= 0.3 is 0 Å². The van der Waals surface area contributed by atoms with Gasteiger partial charge in [0.1, 0.15) is 0 Å². The Bertz CT molecular complexity index is 778. The van der Waals surface area contributed by atoms with E-state index in [4.69, 9.17) is 23.2 Å².